The molecule has 0 radical (unpaired) electrons. The Balaban J connectivity index is 2.19. The first-order chi connectivity index (χ1) is 8.83. The molecule has 0 bridgehead atoms. The summed E-state index contributed by atoms with van der Waals surface area (Å²) in [7, 11) is 0. The summed E-state index contributed by atoms with van der Waals surface area (Å²) in [6, 6.07) is 15.9. The molecule has 2 rings (SSSR count). The van der Waals surface area contributed by atoms with Crippen molar-refractivity contribution in [1.82, 2.24) is 0 Å². The van der Waals surface area contributed by atoms with Crippen molar-refractivity contribution in [2.75, 3.05) is 0 Å². The van der Waals surface area contributed by atoms with E-state index >= 15 is 0 Å². The molecule has 0 amide bonds. The molecule has 0 fully saturated rings. The zero-order valence-electron chi connectivity index (χ0n) is 10.0. The number of benzene rings is 2. The van der Waals surface area contributed by atoms with Gasteiger partial charge in [0.2, 0.25) is 0 Å². The Hall–Kier alpha value is -2.22. The summed E-state index contributed by atoms with van der Waals surface area (Å²) in [5.74, 6) is 0. The summed E-state index contributed by atoms with van der Waals surface area (Å²) >= 11 is 0. The van der Waals surface area contributed by atoms with Crippen LogP contribution >= 0.6 is 0 Å². The van der Waals surface area contributed by atoms with Gasteiger partial charge < -0.3 is 9.59 Å². The first kappa shape index (κ1) is 12.2. The minimum Gasteiger partial charge on any atom is -0.303 e. The van der Waals surface area contributed by atoms with Crippen LogP contribution in [0.2, 0.25) is 0 Å². The third kappa shape index (κ3) is 2.92. The Morgan fingerprint density at radius 1 is 0.611 bits per heavy atom. The molecule has 0 saturated carbocycles. The molecule has 0 aliphatic heterocycles. The summed E-state index contributed by atoms with van der Waals surface area (Å²) in [6.07, 6.45) is 2.73. The highest BCUT2D eigenvalue weighted by atomic mass is 16.1. The van der Waals surface area contributed by atoms with Gasteiger partial charge in [0.05, 0.1) is 0 Å². The minimum absolute atomic E-state index is 0.457. The molecule has 0 aliphatic carbocycles. The van der Waals surface area contributed by atoms with Gasteiger partial charge in [-0.2, -0.15) is 0 Å². The predicted molar refractivity (Wildman–Crippen MR) is 71.4 cm³/mol. The van der Waals surface area contributed by atoms with Crippen LogP contribution in [0.25, 0.3) is 11.1 Å². The van der Waals surface area contributed by atoms with Crippen LogP contribution in [0.4, 0.5) is 0 Å². The van der Waals surface area contributed by atoms with Gasteiger partial charge >= 0.3 is 0 Å². The summed E-state index contributed by atoms with van der Waals surface area (Å²) < 4.78 is 0. The van der Waals surface area contributed by atoms with Gasteiger partial charge in [-0.25, -0.2) is 0 Å². The van der Waals surface area contributed by atoms with Gasteiger partial charge in [-0.3, -0.25) is 0 Å². The number of carbonyl (C=O) groups is 2. The van der Waals surface area contributed by atoms with E-state index in [9.17, 15) is 9.59 Å². The van der Waals surface area contributed by atoms with Gasteiger partial charge in [0.1, 0.15) is 12.6 Å². The average molecular weight is 238 g/mol. The Kier molecular flexibility index (Phi) is 4.02. The molecule has 2 aromatic rings. The summed E-state index contributed by atoms with van der Waals surface area (Å²) in [5, 5.41) is 0. The molecular weight excluding hydrogens is 224 g/mol. The highest BCUT2D eigenvalue weighted by molar-refractivity contribution is 5.66. The molecule has 0 aromatic heterocycles. The van der Waals surface area contributed by atoms with Crippen molar-refractivity contribution >= 4 is 12.6 Å². The molecule has 0 saturated heterocycles. The average Bonchev–Trinajstić information content (AvgIpc) is 2.41. The smallest absolute Gasteiger partial charge is 0.124 e. The van der Waals surface area contributed by atoms with Crippen molar-refractivity contribution in [2.24, 2.45) is 0 Å². The van der Waals surface area contributed by atoms with Crippen molar-refractivity contribution in [3.05, 3.63) is 59.7 Å². The standard InChI is InChI=1S/C16H14O2/c17-11-9-13-1-5-15(6-2-13)16-7-3-14(4-8-16)10-12-18/h1-8,11-12H,9-10H2. The van der Waals surface area contributed by atoms with E-state index in [-0.39, 0.29) is 0 Å². The first-order valence-corrected chi connectivity index (χ1v) is 5.89. The topological polar surface area (TPSA) is 34.1 Å². The van der Waals surface area contributed by atoms with Crippen LogP contribution in [0, 0.1) is 0 Å². The molecule has 0 spiro atoms. The number of aldehydes is 2. The molecular formula is C16H14O2. The SMILES string of the molecule is O=CCc1ccc(-c2ccc(CC=O)cc2)cc1. The van der Waals surface area contributed by atoms with Gasteiger partial charge in [0.15, 0.2) is 0 Å². The fourth-order valence-corrected chi connectivity index (χ4v) is 1.86. The van der Waals surface area contributed by atoms with Gasteiger partial charge in [-0.1, -0.05) is 48.5 Å². The van der Waals surface area contributed by atoms with Crippen LogP contribution < -0.4 is 0 Å². The van der Waals surface area contributed by atoms with Crippen molar-refractivity contribution in [3.8, 4) is 11.1 Å². The van der Waals surface area contributed by atoms with Crippen LogP contribution in [0.3, 0.4) is 0 Å². The van der Waals surface area contributed by atoms with Crippen LogP contribution in [0.15, 0.2) is 48.5 Å². The maximum Gasteiger partial charge on any atom is 0.124 e. The van der Waals surface area contributed by atoms with Gasteiger partial charge in [0.25, 0.3) is 0 Å². The molecule has 0 aliphatic rings. The van der Waals surface area contributed by atoms with E-state index in [0.29, 0.717) is 12.8 Å². The second-order valence-electron chi connectivity index (χ2n) is 4.14. The molecule has 90 valence electrons. The van der Waals surface area contributed by atoms with Crippen molar-refractivity contribution in [1.29, 1.82) is 0 Å². The van der Waals surface area contributed by atoms with E-state index in [4.69, 9.17) is 0 Å². The van der Waals surface area contributed by atoms with Crippen LogP contribution in [0.5, 0.6) is 0 Å². The molecule has 18 heavy (non-hydrogen) atoms. The Bertz CT molecular complexity index is 473. The monoisotopic (exact) mass is 238 g/mol. The Morgan fingerprint density at radius 2 is 0.944 bits per heavy atom. The number of hydrogen-bond acceptors (Lipinski definition) is 2. The lowest BCUT2D eigenvalue weighted by molar-refractivity contribution is -0.108. The quantitative estimate of drug-likeness (QED) is 0.751. The number of carbonyl (C=O) groups excluding carboxylic acids is 2. The van der Waals surface area contributed by atoms with Crippen LogP contribution in [-0.4, -0.2) is 12.6 Å². The molecule has 2 nitrogen and oxygen atoms in total. The van der Waals surface area contributed by atoms with Crippen molar-refractivity contribution < 1.29 is 9.59 Å². The molecule has 0 heterocycles. The molecule has 0 N–H and O–H groups in total. The maximum atomic E-state index is 10.4. The number of hydrogen-bond donors (Lipinski definition) is 0. The third-order valence-corrected chi connectivity index (χ3v) is 2.88. The van der Waals surface area contributed by atoms with Gasteiger partial charge in [-0.05, 0) is 22.3 Å². The van der Waals surface area contributed by atoms with Crippen LogP contribution in [0.1, 0.15) is 11.1 Å². The van der Waals surface area contributed by atoms with E-state index in [1.807, 2.05) is 48.5 Å². The van der Waals surface area contributed by atoms with Crippen molar-refractivity contribution in [3.63, 3.8) is 0 Å². The van der Waals surface area contributed by atoms with E-state index in [2.05, 4.69) is 0 Å². The molecule has 2 aromatic carbocycles. The van der Waals surface area contributed by atoms with Crippen molar-refractivity contribution in [2.45, 2.75) is 12.8 Å². The molecule has 0 atom stereocenters. The first-order valence-electron chi connectivity index (χ1n) is 5.89. The molecule has 2 heteroatoms. The third-order valence-electron chi connectivity index (χ3n) is 2.88. The maximum absolute atomic E-state index is 10.4. The Morgan fingerprint density at radius 3 is 1.22 bits per heavy atom. The minimum atomic E-state index is 0.457. The van der Waals surface area contributed by atoms with E-state index in [1.54, 1.807) is 0 Å². The molecule has 0 unspecified atom stereocenters. The van der Waals surface area contributed by atoms with E-state index in [1.165, 1.54) is 0 Å². The highest BCUT2D eigenvalue weighted by Gasteiger charge is 1.99. The normalized spacial score (nSPS) is 10.0. The lowest BCUT2D eigenvalue weighted by Gasteiger charge is -2.04. The van der Waals surface area contributed by atoms with E-state index < -0.39 is 0 Å². The summed E-state index contributed by atoms with van der Waals surface area (Å²) in [5.41, 5.74) is 4.27. The zero-order valence-corrected chi connectivity index (χ0v) is 10.0. The lowest BCUT2D eigenvalue weighted by Crippen LogP contribution is -1.87. The summed E-state index contributed by atoms with van der Waals surface area (Å²) in [4.78, 5) is 20.8. The number of rotatable bonds is 5. The van der Waals surface area contributed by atoms with E-state index in [0.717, 1.165) is 34.8 Å². The second-order valence-corrected chi connectivity index (χ2v) is 4.14. The van der Waals surface area contributed by atoms with Gasteiger partial charge in [0, 0.05) is 12.8 Å². The predicted octanol–water partition coefficient (Wildman–Crippen LogP) is 2.84. The fourth-order valence-electron chi connectivity index (χ4n) is 1.86. The van der Waals surface area contributed by atoms with Gasteiger partial charge in [-0.15, -0.1) is 0 Å². The zero-order chi connectivity index (χ0) is 12.8. The second kappa shape index (κ2) is 5.92. The van der Waals surface area contributed by atoms with Crippen LogP contribution in [-0.2, 0) is 22.4 Å². The lowest BCUT2D eigenvalue weighted by atomic mass is 10.0. The summed E-state index contributed by atoms with van der Waals surface area (Å²) in [6.45, 7) is 0. The largest absolute Gasteiger partial charge is 0.303 e. The highest BCUT2D eigenvalue weighted by Crippen LogP contribution is 2.20. The Labute approximate surface area is 106 Å². The fraction of sp³-hybridized carbons (Fsp3) is 0.125.